The Morgan fingerprint density at radius 1 is 1.06 bits per heavy atom. The highest BCUT2D eigenvalue weighted by atomic mass is 32.1. The van der Waals surface area contributed by atoms with Gasteiger partial charge in [0.15, 0.2) is 5.75 Å². The van der Waals surface area contributed by atoms with Gasteiger partial charge >= 0.3 is 0 Å². The summed E-state index contributed by atoms with van der Waals surface area (Å²) in [4.78, 5) is 33.9. The second-order valence-electron chi connectivity index (χ2n) is 8.74. The number of rotatable bonds is 5. The number of ether oxygens (including phenoxy) is 2. The first-order chi connectivity index (χ1) is 16.0. The molecule has 2 aliphatic rings. The fraction of sp³-hybridized carbons (Fsp3) is 0.500. The Kier molecular flexibility index (Phi) is 6.38. The second-order valence-corrected chi connectivity index (χ2v) is 9.76. The fourth-order valence-corrected chi connectivity index (χ4v) is 5.81. The lowest BCUT2D eigenvalue weighted by molar-refractivity contribution is 0.0322. The zero-order chi connectivity index (χ0) is 22.9. The Bertz CT molecular complexity index is 1220. The summed E-state index contributed by atoms with van der Waals surface area (Å²) < 4.78 is 14.2. The molecule has 33 heavy (non-hydrogen) atoms. The van der Waals surface area contributed by atoms with Crippen molar-refractivity contribution in [3.05, 3.63) is 39.5 Å². The minimum Gasteiger partial charge on any atom is -0.490 e. The predicted molar refractivity (Wildman–Crippen MR) is 131 cm³/mol. The number of aryl methyl sites for hydroxylation is 1. The SMILES string of the molecule is CN1CCN(C(=O)c2sc3c(c2OCCN2CCOCC2)c(=O)n(C)c2ccccc32)CC1. The van der Waals surface area contributed by atoms with Crippen LogP contribution in [-0.4, -0.2) is 97.9 Å². The molecular formula is C24H30N4O4S. The molecule has 8 nitrogen and oxygen atoms in total. The third kappa shape index (κ3) is 4.26. The molecule has 0 radical (unpaired) electrons. The van der Waals surface area contributed by atoms with Crippen LogP contribution in [0.5, 0.6) is 5.75 Å². The average molecular weight is 471 g/mol. The van der Waals surface area contributed by atoms with Crippen molar-refractivity contribution in [2.24, 2.45) is 7.05 Å². The van der Waals surface area contributed by atoms with Crippen molar-refractivity contribution < 1.29 is 14.3 Å². The number of piperazine rings is 1. The third-order valence-corrected chi connectivity index (χ3v) is 7.83. The molecule has 0 unspecified atom stereocenters. The molecule has 0 spiro atoms. The van der Waals surface area contributed by atoms with Gasteiger partial charge in [0, 0.05) is 58.2 Å². The molecule has 176 valence electrons. The van der Waals surface area contributed by atoms with Gasteiger partial charge in [0.25, 0.3) is 11.5 Å². The number of aromatic nitrogens is 1. The van der Waals surface area contributed by atoms with Gasteiger partial charge in [-0.1, -0.05) is 18.2 Å². The van der Waals surface area contributed by atoms with Crippen molar-refractivity contribution in [1.29, 1.82) is 0 Å². The monoisotopic (exact) mass is 470 g/mol. The highest BCUT2D eigenvalue weighted by Crippen LogP contribution is 2.40. The topological polar surface area (TPSA) is 67.2 Å². The molecule has 2 fully saturated rings. The number of pyridine rings is 1. The van der Waals surface area contributed by atoms with Gasteiger partial charge in [0.2, 0.25) is 0 Å². The highest BCUT2D eigenvalue weighted by Gasteiger charge is 2.29. The van der Waals surface area contributed by atoms with E-state index in [2.05, 4.69) is 16.8 Å². The highest BCUT2D eigenvalue weighted by molar-refractivity contribution is 7.22. The lowest BCUT2D eigenvalue weighted by atomic mass is 10.1. The van der Waals surface area contributed by atoms with Crippen LogP contribution in [0, 0.1) is 0 Å². The zero-order valence-electron chi connectivity index (χ0n) is 19.2. The Morgan fingerprint density at radius 2 is 1.79 bits per heavy atom. The molecule has 2 aliphatic heterocycles. The van der Waals surface area contributed by atoms with Crippen molar-refractivity contribution in [3.63, 3.8) is 0 Å². The van der Waals surface area contributed by atoms with Gasteiger partial charge in [-0.05, 0) is 13.1 Å². The molecule has 4 heterocycles. The minimum absolute atomic E-state index is 0.0446. The summed E-state index contributed by atoms with van der Waals surface area (Å²) in [5, 5.41) is 1.48. The van der Waals surface area contributed by atoms with E-state index in [0.717, 1.165) is 61.5 Å². The molecule has 0 atom stereocenters. The predicted octanol–water partition coefficient (Wildman–Crippen LogP) is 1.85. The van der Waals surface area contributed by atoms with Crippen molar-refractivity contribution in [2.75, 3.05) is 72.7 Å². The molecule has 9 heteroatoms. The number of para-hydroxylation sites is 1. The normalized spacial score (nSPS) is 18.3. The molecule has 5 rings (SSSR count). The van der Waals surface area contributed by atoms with Crippen LogP contribution in [0.25, 0.3) is 21.0 Å². The van der Waals surface area contributed by atoms with E-state index in [0.29, 0.717) is 35.7 Å². The standard InChI is InChI=1S/C24H30N4O4S/c1-25-7-9-28(10-8-25)24(30)22-20(32-16-13-27-11-14-31-15-12-27)19-21(33-22)17-5-3-4-6-18(17)26(2)23(19)29/h3-6H,7-16H2,1-2H3. The molecule has 0 bridgehead atoms. The number of likely N-dealkylation sites (N-methyl/N-ethyl adjacent to an activating group) is 1. The first kappa shape index (κ1) is 22.3. The smallest absolute Gasteiger partial charge is 0.267 e. The van der Waals surface area contributed by atoms with Crippen LogP contribution in [0.3, 0.4) is 0 Å². The van der Waals surface area contributed by atoms with E-state index >= 15 is 0 Å². The van der Waals surface area contributed by atoms with Crippen LogP contribution >= 0.6 is 11.3 Å². The Balaban J connectivity index is 1.56. The molecule has 3 aromatic rings. The van der Waals surface area contributed by atoms with Crippen molar-refractivity contribution >= 4 is 38.2 Å². The van der Waals surface area contributed by atoms with Gasteiger partial charge in [-0.15, -0.1) is 11.3 Å². The summed E-state index contributed by atoms with van der Waals surface area (Å²) in [5.74, 6) is 0.398. The molecular weight excluding hydrogens is 440 g/mol. The maximum Gasteiger partial charge on any atom is 0.267 e. The summed E-state index contributed by atoms with van der Waals surface area (Å²) in [6.07, 6.45) is 0. The van der Waals surface area contributed by atoms with E-state index in [4.69, 9.17) is 9.47 Å². The number of thiophene rings is 1. The Morgan fingerprint density at radius 3 is 2.55 bits per heavy atom. The summed E-state index contributed by atoms with van der Waals surface area (Å²) in [6.45, 7) is 7.37. The average Bonchev–Trinajstić information content (AvgIpc) is 3.23. The maximum absolute atomic E-state index is 13.6. The van der Waals surface area contributed by atoms with Crippen LogP contribution in [0.1, 0.15) is 9.67 Å². The van der Waals surface area contributed by atoms with E-state index in [9.17, 15) is 9.59 Å². The number of carbonyl (C=O) groups is 1. The number of benzene rings is 1. The van der Waals surface area contributed by atoms with Gasteiger partial charge in [-0.25, -0.2) is 0 Å². The molecule has 0 aliphatic carbocycles. The van der Waals surface area contributed by atoms with Gasteiger partial charge < -0.3 is 23.8 Å². The van der Waals surface area contributed by atoms with Gasteiger partial charge in [0.1, 0.15) is 16.9 Å². The quantitative estimate of drug-likeness (QED) is 0.567. The number of fused-ring (bicyclic) bond motifs is 3. The van der Waals surface area contributed by atoms with Crippen molar-refractivity contribution in [1.82, 2.24) is 19.3 Å². The van der Waals surface area contributed by atoms with E-state index in [1.807, 2.05) is 29.2 Å². The Hall–Kier alpha value is -2.46. The Labute approximate surface area is 196 Å². The van der Waals surface area contributed by atoms with Crippen LogP contribution < -0.4 is 10.3 Å². The number of morpholine rings is 1. The number of carbonyl (C=O) groups excluding carboxylic acids is 1. The van der Waals surface area contributed by atoms with E-state index in [-0.39, 0.29) is 11.5 Å². The summed E-state index contributed by atoms with van der Waals surface area (Å²) in [7, 11) is 3.85. The lowest BCUT2D eigenvalue weighted by Crippen LogP contribution is -2.47. The number of hydrogen-bond acceptors (Lipinski definition) is 7. The number of amides is 1. The molecule has 0 N–H and O–H groups in total. The van der Waals surface area contributed by atoms with Gasteiger partial charge in [0.05, 0.1) is 23.4 Å². The molecule has 0 saturated carbocycles. The van der Waals surface area contributed by atoms with Gasteiger partial charge in [-0.2, -0.15) is 0 Å². The van der Waals surface area contributed by atoms with Crippen LogP contribution in [0.2, 0.25) is 0 Å². The first-order valence-electron chi connectivity index (χ1n) is 11.5. The lowest BCUT2D eigenvalue weighted by Gasteiger charge is -2.32. The van der Waals surface area contributed by atoms with E-state index in [1.165, 1.54) is 11.3 Å². The fourth-order valence-electron chi connectivity index (χ4n) is 4.57. The largest absolute Gasteiger partial charge is 0.490 e. The third-order valence-electron chi connectivity index (χ3n) is 6.64. The van der Waals surface area contributed by atoms with E-state index in [1.54, 1.807) is 11.6 Å². The summed E-state index contributed by atoms with van der Waals surface area (Å²) in [6, 6.07) is 7.84. The molecule has 2 saturated heterocycles. The second kappa shape index (κ2) is 9.42. The number of hydrogen-bond donors (Lipinski definition) is 0. The number of nitrogens with zero attached hydrogens (tertiary/aromatic N) is 4. The molecule has 1 aromatic carbocycles. The zero-order valence-corrected chi connectivity index (χ0v) is 20.0. The molecule has 1 amide bonds. The summed E-state index contributed by atoms with van der Waals surface area (Å²) >= 11 is 1.39. The van der Waals surface area contributed by atoms with Crippen LogP contribution in [0.15, 0.2) is 29.1 Å². The van der Waals surface area contributed by atoms with Gasteiger partial charge in [-0.3, -0.25) is 14.5 Å². The first-order valence-corrected chi connectivity index (χ1v) is 12.3. The maximum atomic E-state index is 13.6. The minimum atomic E-state index is -0.126. The van der Waals surface area contributed by atoms with Crippen molar-refractivity contribution in [2.45, 2.75) is 0 Å². The van der Waals surface area contributed by atoms with Crippen molar-refractivity contribution in [3.8, 4) is 5.75 Å². The van der Waals surface area contributed by atoms with E-state index < -0.39 is 0 Å². The van der Waals surface area contributed by atoms with Crippen LogP contribution in [0.4, 0.5) is 0 Å². The van der Waals surface area contributed by atoms with Crippen LogP contribution in [-0.2, 0) is 11.8 Å². The molecule has 2 aromatic heterocycles. The summed E-state index contributed by atoms with van der Waals surface area (Å²) in [5.41, 5.74) is 0.730.